The van der Waals surface area contributed by atoms with Crippen LogP contribution in [0.3, 0.4) is 0 Å². The van der Waals surface area contributed by atoms with Crippen molar-refractivity contribution in [3.05, 3.63) is 107 Å². The quantitative estimate of drug-likeness (QED) is 0.221. The molecule has 0 saturated carbocycles. The maximum Gasteiger partial charge on any atom is 0.255 e. The fraction of sp³-hybridized carbons (Fsp3) is 0.278. The first-order valence-corrected chi connectivity index (χ1v) is 18.9. The van der Waals surface area contributed by atoms with E-state index in [-0.39, 0.29) is 21.6 Å². The summed E-state index contributed by atoms with van der Waals surface area (Å²) >= 11 is 0. The minimum absolute atomic E-state index is 0.182. The summed E-state index contributed by atoms with van der Waals surface area (Å²) < 4.78 is 54.2. The lowest BCUT2D eigenvalue weighted by Crippen LogP contribution is -2.27. The van der Waals surface area contributed by atoms with Crippen molar-refractivity contribution < 1.29 is 26.4 Å². The van der Waals surface area contributed by atoms with E-state index in [2.05, 4.69) is 10.6 Å². The van der Waals surface area contributed by atoms with E-state index in [1.807, 2.05) is 50.2 Å². The van der Waals surface area contributed by atoms with Crippen LogP contribution in [-0.2, 0) is 20.0 Å². The first-order chi connectivity index (χ1) is 22.9. The summed E-state index contributed by atoms with van der Waals surface area (Å²) in [5.74, 6) is -0.676. The fourth-order valence-electron chi connectivity index (χ4n) is 6.07. The van der Waals surface area contributed by atoms with Crippen LogP contribution in [0.4, 0.5) is 11.4 Å². The van der Waals surface area contributed by atoms with Crippen molar-refractivity contribution >= 4 is 43.2 Å². The average Bonchev–Trinajstić information content (AvgIpc) is 3.83. The number of nitrogens with one attached hydrogen (secondary N) is 2. The van der Waals surface area contributed by atoms with Crippen molar-refractivity contribution in [2.45, 2.75) is 49.3 Å². The summed E-state index contributed by atoms with van der Waals surface area (Å²) in [5.41, 5.74) is 5.54. The monoisotopic (exact) mass is 686 g/mol. The molecule has 2 saturated heterocycles. The van der Waals surface area contributed by atoms with Crippen LogP contribution in [0.1, 0.15) is 57.5 Å². The number of benzene rings is 4. The van der Waals surface area contributed by atoms with Gasteiger partial charge in [-0.25, -0.2) is 16.8 Å². The molecule has 2 amide bonds. The molecule has 0 atom stereocenters. The van der Waals surface area contributed by atoms with Gasteiger partial charge < -0.3 is 10.6 Å². The van der Waals surface area contributed by atoms with E-state index in [9.17, 15) is 26.4 Å². The molecule has 0 bridgehead atoms. The van der Waals surface area contributed by atoms with Gasteiger partial charge in [-0.05, 0) is 135 Å². The largest absolute Gasteiger partial charge is 0.322 e. The minimum Gasteiger partial charge on any atom is -0.322 e. The van der Waals surface area contributed by atoms with Gasteiger partial charge in [-0.15, -0.1) is 0 Å². The molecule has 10 nitrogen and oxygen atoms in total. The maximum absolute atomic E-state index is 13.0. The summed E-state index contributed by atoms with van der Waals surface area (Å²) in [4.78, 5) is 26.3. The number of carbonyl (C=O) groups excluding carboxylic acids is 2. The topological polar surface area (TPSA) is 133 Å². The Kier molecular flexibility index (Phi) is 9.53. The van der Waals surface area contributed by atoms with E-state index in [1.54, 1.807) is 0 Å². The number of hydrogen-bond donors (Lipinski definition) is 2. The van der Waals surface area contributed by atoms with Crippen molar-refractivity contribution in [1.82, 2.24) is 8.61 Å². The second kappa shape index (κ2) is 13.6. The van der Waals surface area contributed by atoms with Crippen molar-refractivity contribution in [2.75, 3.05) is 36.8 Å². The molecule has 48 heavy (non-hydrogen) atoms. The SMILES string of the molecule is Cc1cc(-c2ccc(NC(=O)c3ccc(S(=O)(=O)N4CCCC4)cc3)c(C)c2)ccc1NC(=O)c1ccc(S(=O)(=O)N2CCCC2)cc1. The molecule has 2 N–H and O–H groups in total. The highest BCUT2D eigenvalue weighted by molar-refractivity contribution is 7.89. The first kappa shape index (κ1) is 33.5. The zero-order valence-electron chi connectivity index (χ0n) is 26.9. The third-order valence-electron chi connectivity index (χ3n) is 8.92. The van der Waals surface area contributed by atoms with E-state index in [0.29, 0.717) is 48.7 Å². The Hall–Kier alpha value is -4.36. The predicted octanol–water partition coefficient (Wildman–Crippen LogP) is 6.04. The van der Waals surface area contributed by atoms with E-state index in [4.69, 9.17) is 0 Å². The van der Waals surface area contributed by atoms with Gasteiger partial charge in [-0.1, -0.05) is 12.1 Å². The molecule has 2 fully saturated rings. The lowest BCUT2D eigenvalue weighted by atomic mass is 9.99. The molecule has 6 rings (SSSR count). The van der Waals surface area contributed by atoms with Gasteiger partial charge in [0.1, 0.15) is 0 Å². The van der Waals surface area contributed by atoms with Crippen LogP contribution in [-0.4, -0.2) is 63.4 Å². The first-order valence-electron chi connectivity index (χ1n) is 16.0. The second-order valence-electron chi connectivity index (χ2n) is 12.2. The Morgan fingerprint density at radius 1 is 0.521 bits per heavy atom. The zero-order valence-corrected chi connectivity index (χ0v) is 28.5. The lowest BCUT2D eigenvalue weighted by molar-refractivity contribution is 0.101. The molecule has 0 aliphatic carbocycles. The Bertz CT molecular complexity index is 1920. The van der Waals surface area contributed by atoms with E-state index < -0.39 is 20.0 Å². The predicted molar refractivity (Wildman–Crippen MR) is 186 cm³/mol. The zero-order chi connectivity index (χ0) is 34.1. The van der Waals surface area contributed by atoms with Crippen molar-refractivity contribution in [3.63, 3.8) is 0 Å². The Labute approximate surface area is 281 Å². The van der Waals surface area contributed by atoms with Gasteiger partial charge in [-0.2, -0.15) is 8.61 Å². The third-order valence-corrected chi connectivity index (χ3v) is 12.7. The number of aryl methyl sites for hydroxylation is 2. The molecule has 4 aromatic carbocycles. The molecular formula is C36H38N4O6S2. The smallest absolute Gasteiger partial charge is 0.255 e. The summed E-state index contributed by atoms with van der Waals surface area (Å²) in [7, 11) is -7.10. The van der Waals surface area contributed by atoms with Crippen molar-refractivity contribution in [2.24, 2.45) is 0 Å². The molecule has 0 radical (unpaired) electrons. The minimum atomic E-state index is -3.55. The highest BCUT2D eigenvalue weighted by Crippen LogP contribution is 2.29. The van der Waals surface area contributed by atoms with Gasteiger partial charge in [0.2, 0.25) is 20.0 Å². The molecular weight excluding hydrogens is 649 g/mol. The van der Waals surface area contributed by atoms with Crippen LogP contribution in [0, 0.1) is 13.8 Å². The van der Waals surface area contributed by atoms with Gasteiger partial charge in [0.05, 0.1) is 9.79 Å². The van der Waals surface area contributed by atoms with Gasteiger partial charge in [-0.3, -0.25) is 9.59 Å². The second-order valence-corrected chi connectivity index (χ2v) is 16.1. The summed E-state index contributed by atoms with van der Waals surface area (Å²) in [6, 6.07) is 23.4. The van der Waals surface area contributed by atoms with Crippen LogP contribution in [0.15, 0.2) is 94.7 Å². The van der Waals surface area contributed by atoms with E-state index in [0.717, 1.165) is 47.9 Å². The molecule has 2 aliphatic rings. The Morgan fingerprint density at radius 2 is 0.854 bits per heavy atom. The van der Waals surface area contributed by atoms with Gasteiger partial charge in [0.25, 0.3) is 11.8 Å². The van der Waals surface area contributed by atoms with Crippen LogP contribution >= 0.6 is 0 Å². The molecule has 250 valence electrons. The van der Waals surface area contributed by atoms with Gasteiger partial charge >= 0.3 is 0 Å². The number of nitrogens with zero attached hydrogens (tertiary/aromatic N) is 2. The molecule has 0 aromatic heterocycles. The molecule has 0 unspecified atom stereocenters. The Balaban J connectivity index is 1.09. The van der Waals surface area contributed by atoms with Crippen molar-refractivity contribution in [1.29, 1.82) is 0 Å². The number of amides is 2. The third kappa shape index (κ3) is 6.93. The summed E-state index contributed by atoms with van der Waals surface area (Å²) in [6.07, 6.45) is 3.42. The highest BCUT2D eigenvalue weighted by Gasteiger charge is 2.28. The fourth-order valence-corrected chi connectivity index (χ4v) is 9.10. The lowest BCUT2D eigenvalue weighted by Gasteiger charge is -2.16. The number of sulfonamides is 2. The van der Waals surface area contributed by atoms with Crippen LogP contribution < -0.4 is 10.6 Å². The molecule has 0 spiro atoms. The summed E-state index contributed by atoms with van der Waals surface area (Å²) in [5, 5.41) is 5.84. The number of hydrogen-bond acceptors (Lipinski definition) is 6. The molecule has 2 aliphatic heterocycles. The highest BCUT2D eigenvalue weighted by atomic mass is 32.2. The molecule has 12 heteroatoms. The number of anilines is 2. The van der Waals surface area contributed by atoms with Crippen LogP contribution in [0.2, 0.25) is 0 Å². The van der Waals surface area contributed by atoms with E-state index in [1.165, 1.54) is 57.1 Å². The van der Waals surface area contributed by atoms with Crippen molar-refractivity contribution in [3.8, 4) is 11.1 Å². The number of rotatable bonds is 9. The van der Waals surface area contributed by atoms with Gasteiger partial charge in [0.15, 0.2) is 0 Å². The standard InChI is InChI=1S/C36H38N4O6S2/c1-25-23-29(11-17-33(25)37-35(41)27-7-13-31(14-8-27)47(43,44)39-19-3-4-20-39)30-12-18-34(26(2)24-30)38-36(42)28-9-15-32(16-10-28)48(45,46)40-21-5-6-22-40/h7-18,23-24H,3-6,19-22H2,1-2H3,(H,37,41)(H,38,42). The average molecular weight is 687 g/mol. The Morgan fingerprint density at radius 3 is 1.17 bits per heavy atom. The van der Waals surface area contributed by atoms with E-state index >= 15 is 0 Å². The van der Waals surface area contributed by atoms with Crippen LogP contribution in [0.5, 0.6) is 0 Å². The van der Waals surface area contributed by atoms with Gasteiger partial charge in [0, 0.05) is 48.7 Å². The summed E-state index contributed by atoms with van der Waals surface area (Å²) in [6.45, 7) is 5.87. The normalized spacial score (nSPS) is 15.8. The molecule has 4 aromatic rings. The number of carbonyl (C=O) groups is 2. The van der Waals surface area contributed by atoms with Crippen LogP contribution in [0.25, 0.3) is 11.1 Å². The maximum atomic E-state index is 13.0. The molecule has 2 heterocycles.